The average molecular weight is 621 g/mol. The lowest BCUT2D eigenvalue weighted by Gasteiger charge is -2.39. The Hall–Kier alpha value is -0.593. The lowest BCUT2D eigenvalue weighted by Crippen LogP contribution is -2.49. The number of rotatable bonds is 7. The number of aromatic amines is 1. The van der Waals surface area contributed by atoms with Crippen LogP contribution in [0.4, 0.5) is 4.39 Å². The normalized spacial score (nSPS) is 37.2. The number of halogens is 1. The highest BCUT2D eigenvalue weighted by molar-refractivity contribution is 8.68. The van der Waals surface area contributed by atoms with E-state index < -0.39 is 49.9 Å². The van der Waals surface area contributed by atoms with Crippen molar-refractivity contribution in [3.05, 3.63) is 44.8 Å². The summed E-state index contributed by atoms with van der Waals surface area (Å²) in [4.78, 5) is 26.8. The number of hydrogen-bond acceptors (Lipinski definition) is 8. The topological polar surface area (TPSA) is 91.8 Å². The summed E-state index contributed by atoms with van der Waals surface area (Å²) in [6.45, 7) is 20.2. The molecule has 1 aromatic rings. The van der Waals surface area contributed by atoms with Gasteiger partial charge in [0.2, 0.25) is 5.69 Å². The zero-order valence-corrected chi connectivity index (χ0v) is 27.6. The molecule has 1 aliphatic carbocycles. The second-order valence-electron chi connectivity index (χ2n) is 12.9. The van der Waals surface area contributed by atoms with Gasteiger partial charge in [0.05, 0.1) is 12.7 Å². The Morgan fingerprint density at radius 3 is 2.69 bits per heavy atom. The van der Waals surface area contributed by atoms with Crippen molar-refractivity contribution in [3.63, 3.8) is 0 Å². The summed E-state index contributed by atoms with van der Waals surface area (Å²) in [7, 11) is -2.43. The summed E-state index contributed by atoms with van der Waals surface area (Å²) in [6.07, 6.45) is -0.573. The maximum Gasteiger partial charge on any atom is 0.330 e. The molecule has 8 nitrogen and oxygen atoms in total. The summed E-state index contributed by atoms with van der Waals surface area (Å²) in [6, 6.07) is 0. The van der Waals surface area contributed by atoms with Gasteiger partial charge in [0.15, 0.2) is 20.7 Å². The van der Waals surface area contributed by atoms with Crippen molar-refractivity contribution in [1.82, 2.24) is 9.55 Å². The number of hydrogen-bond donors (Lipinski definition) is 1. The minimum Gasteiger partial charge on any atom is -0.408 e. The molecule has 1 unspecified atom stereocenters. The number of nitrogens with zero attached hydrogens (tertiary/aromatic N) is 1. The van der Waals surface area contributed by atoms with Gasteiger partial charge in [0.1, 0.15) is 12.2 Å². The van der Waals surface area contributed by atoms with Crippen LogP contribution in [0.1, 0.15) is 65.7 Å². The molecule has 2 saturated heterocycles. The predicted octanol–water partition coefficient (Wildman–Crippen LogP) is 5.98. The molecular weight excluding hydrogens is 578 g/mol. The molecular formula is C26H42FN2O6PS2Si. The van der Waals surface area contributed by atoms with Gasteiger partial charge >= 0.3 is 5.69 Å². The molecule has 0 spiro atoms. The van der Waals surface area contributed by atoms with Gasteiger partial charge < -0.3 is 18.2 Å². The molecule has 1 aromatic heterocycles. The fourth-order valence-electron chi connectivity index (χ4n) is 5.09. The molecule has 0 radical (unpaired) electrons. The molecule has 1 saturated carbocycles. The van der Waals surface area contributed by atoms with Crippen LogP contribution in [0.5, 0.6) is 0 Å². The Morgan fingerprint density at radius 1 is 1.41 bits per heavy atom. The number of nitrogens with one attached hydrogen (secondary N) is 1. The van der Waals surface area contributed by atoms with Gasteiger partial charge in [-0.3, -0.25) is 14.3 Å². The van der Waals surface area contributed by atoms with Crippen molar-refractivity contribution < 1.29 is 22.6 Å². The van der Waals surface area contributed by atoms with Gasteiger partial charge in [-0.1, -0.05) is 44.3 Å². The molecule has 220 valence electrons. The van der Waals surface area contributed by atoms with E-state index in [1.165, 1.54) is 6.20 Å². The number of aromatic nitrogens is 2. The Bertz CT molecular complexity index is 1280. The molecule has 4 rings (SSSR count). The molecule has 13 heteroatoms. The number of ether oxygens (including phenoxy) is 1. The Morgan fingerprint density at radius 2 is 2.08 bits per heavy atom. The first-order chi connectivity index (χ1) is 17.9. The van der Waals surface area contributed by atoms with Gasteiger partial charge in [-0.05, 0) is 75.9 Å². The van der Waals surface area contributed by atoms with E-state index in [1.807, 2.05) is 13.1 Å². The molecule has 8 atom stereocenters. The molecule has 0 bridgehead atoms. The van der Waals surface area contributed by atoms with Gasteiger partial charge in [-0.15, -0.1) is 0 Å². The number of H-pyrrole nitrogens is 1. The first-order valence-electron chi connectivity index (χ1n) is 13.4. The second kappa shape index (κ2) is 10.9. The zero-order chi connectivity index (χ0) is 29.1. The van der Waals surface area contributed by atoms with E-state index in [1.54, 1.807) is 18.3 Å². The van der Waals surface area contributed by atoms with Crippen LogP contribution >= 0.6 is 17.1 Å². The van der Waals surface area contributed by atoms with Crippen LogP contribution in [-0.2, 0) is 30.0 Å². The van der Waals surface area contributed by atoms with Gasteiger partial charge in [0, 0.05) is 16.5 Å². The molecule has 39 heavy (non-hydrogen) atoms. The summed E-state index contributed by atoms with van der Waals surface area (Å²) in [5, 5.41) is -0.178. The maximum atomic E-state index is 16.1. The van der Waals surface area contributed by atoms with E-state index in [0.29, 0.717) is 5.92 Å². The first kappa shape index (κ1) is 31.3. The van der Waals surface area contributed by atoms with Crippen molar-refractivity contribution in [3.8, 4) is 0 Å². The van der Waals surface area contributed by atoms with Gasteiger partial charge in [-0.25, -0.2) is 9.18 Å². The molecule has 0 amide bonds. The SMILES string of the molecule is C=C(C)[C@@H]1CC[C@]2(C)S[P@@](=S)(OC[C@H]3O[C@@H](n4cc(C)c(=O)[nH]c4=O)[C@H](F)C3O[Si](C)(C)C(C)(C)C)O[C@H]2C1. The van der Waals surface area contributed by atoms with Gasteiger partial charge in [0.25, 0.3) is 5.56 Å². The van der Waals surface area contributed by atoms with Crippen molar-refractivity contribution in [2.45, 2.75) is 114 Å². The predicted molar refractivity (Wildman–Crippen MR) is 160 cm³/mol. The van der Waals surface area contributed by atoms with Crippen LogP contribution in [0.25, 0.3) is 0 Å². The minimum absolute atomic E-state index is 0.0235. The standard InChI is InChI=1S/C26H42FN2O6PS2Si/c1-15(2)17-10-11-26(7)19(12-17)34-36(37,38-26)32-14-18-21(35-39(8,9)25(4,5)6)20(27)23(33-18)29-13-16(3)22(30)28-24(29)31/h13,17-21,23H,1,10-12,14H2,2-9H3,(H,28,30,31)/t17-,18-,19+,20-,21?,23-,26+,36+/m1/s1. The third kappa shape index (κ3) is 6.28. The Labute approximate surface area is 240 Å². The molecule has 0 aromatic carbocycles. The smallest absolute Gasteiger partial charge is 0.330 e. The molecule has 3 heterocycles. The fraction of sp³-hybridized carbons (Fsp3) is 0.769. The quantitative estimate of drug-likeness (QED) is 0.226. The molecule has 3 aliphatic rings. The number of aryl methyl sites for hydroxylation is 1. The highest BCUT2D eigenvalue weighted by Gasteiger charge is 2.55. The van der Waals surface area contributed by atoms with Crippen LogP contribution < -0.4 is 11.2 Å². The van der Waals surface area contributed by atoms with E-state index in [2.05, 4.69) is 46.2 Å². The third-order valence-electron chi connectivity index (χ3n) is 8.76. The highest BCUT2D eigenvalue weighted by Crippen LogP contribution is 2.75. The monoisotopic (exact) mass is 620 g/mol. The molecule has 2 aliphatic heterocycles. The van der Waals surface area contributed by atoms with E-state index in [4.69, 9.17) is 30.0 Å². The average Bonchev–Trinajstić information content (AvgIpc) is 3.25. The zero-order valence-electron chi connectivity index (χ0n) is 24.1. The highest BCUT2D eigenvalue weighted by atomic mass is 32.9. The summed E-state index contributed by atoms with van der Waals surface area (Å²) >= 11 is 7.53. The third-order valence-corrected chi connectivity index (χ3v) is 19.1. The molecule has 1 N–H and O–H groups in total. The molecule has 3 fully saturated rings. The van der Waals surface area contributed by atoms with Gasteiger partial charge in [-0.2, -0.15) is 0 Å². The lowest BCUT2D eigenvalue weighted by atomic mass is 9.77. The van der Waals surface area contributed by atoms with E-state index >= 15 is 4.39 Å². The largest absolute Gasteiger partial charge is 0.408 e. The van der Waals surface area contributed by atoms with E-state index in [-0.39, 0.29) is 28.1 Å². The second-order valence-corrected chi connectivity index (χ2v) is 24.2. The van der Waals surface area contributed by atoms with Crippen molar-refractivity contribution in [2.24, 2.45) is 5.92 Å². The minimum atomic E-state index is -2.74. The summed E-state index contributed by atoms with van der Waals surface area (Å²) in [5.74, 6) is 0.401. The fourth-order valence-corrected chi connectivity index (χ4v) is 13.5. The summed E-state index contributed by atoms with van der Waals surface area (Å²) < 4.78 is 42.5. The number of alkyl halides is 1. The lowest BCUT2D eigenvalue weighted by molar-refractivity contribution is -0.0441. The summed E-state index contributed by atoms with van der Waals surface area (Å²) in [5.41, 5.74) is -2.56. The Kier molecular flexibility index (Phi) is 8.77. The maximum absolute atomic E-state index is 16.1. The van der Waals surface area contributed by atoms with Crippen LogP contribution in [0, 0.1) is 12.8 Å². The first-order valence-corrected chi connectivity index (χ1v) is 20.4. The van der Waals surface area contributed by atoms with Crippen LogP contribution in [0.15, 0.2) is 27.9 Å². The number of allylic oxidation sites excluding steroid dienone is 1. The van der Waals surface area contributed by atoms with Crippen molar-refractivity contribution >= 4 is 37.2 Å². The van der Waals surface area contributed by atoms with Crippen LogP contribution in [0.3, 0.4) is 0 Å². The van der Waals surface area contributed by atoms with Crippen molar-refractivity contribution in [1.29, 1.82) is 0 Å². The van der Waals surface area contributed by atoms with E-state index in [9.17, 15) is 9.59 Å². The van der Waals surface area contributed by atoms with Crippen LogP contribution in [0.2, 0.25) is 18.1 Å². The number of fused-ring (bicyclic) bond motifs is 1. The van der Waals surface area contributed by atoms with Crippen LogP contribution in [-0.4, -0.2) is 53.7 Å². The Balaban J connectivity index is 1.57. The van der Waals surface area contributed by atoms with Crippen molar-refractivity contribution in [2.75, 3.05) is 6.61 Å². The van der Waals surface area contributed by atoms with E-state index in [0.717, 1.165) is 29.4 Å².